The molecule has 1 fully saturated rings. The van der Waals surface area contributed by atoms with E-state index in [1.807, 2.05) is 18.2 Å². The van der Waals surface area contributed by atoms with Gasteiger partial charge in [-0.25, -0.2) is 0 Å². The number of hydrogen-bond acceptors (Lipinski definition) is 4. The van der Waals surface area contributed by atoms with Crippen LogP contribution in [0, 0.1) is 5.92 Å². The van der Waals surface area contributed by atoms with Crippen LogP contribution in [-0.2, 0) is 16.1 Å². The summed E-state index contributed by atoms with van der Waals surface area (Å²) < 4.78 is 5.02. The molecule has 0 unspecified atom stereocenters. The maximum absolute atomic E-state index is 10.8. The van der Waals surface area contributed by atoms with Crippen LogP contribution < -0.4 is 0 Å². The number of nitrogens with zero attached hydrogens (tertiary/aromatic N) is 1. The smallest absolute Gasteiger partial charge is 0.302 e. The van der Waals surface area contributed by atoms with E-state index in [1.54, 1.807) is 0 Å². The van der Waals surface area contributed by atoms with Crippen molar-refractivity contribution >= 4 is 5.97 Å². The van der Waals surface area contributed by atoms with Crippen LogP contribution >= 0.6 is 0 Å². The number of rotatable bonds is 4. The summed E-state index contributed by atoms with van der Waals surface area (Å²) in [6.07, 6.45) is 0.366. The molecule has 0 saturated carbocycles. The highest BCUT2D eigenvalue weighted by Gasteiger charge is 2.28. The average molecular weight is 263 g/mol. The average Bonchev–Trinajstić information content (AvgIpc) is 2.40. The van der Waals surface area contributed by atoms with E-state index in [0.29, 0.717) is 6.61 Å². The Morgan fingerprint density at radius 3 is 2.84 bits per heavy atom. The van der Waals surface area contributed by atoms with E-state index >= 15 is 0 Å². The lowest BCUT2D eigenvalue weighted by Crippen LogP contribution is -2.44. The van der Waals surface area contributed by atoms with Crippen LogP contribution in [0.5, 0.6) is 0 Å². The lowest BCUT2D eigenvalue weighted by molar-refractivity contribution is -0.144. The van der Waals surface area contributed by atoms with Crippen LogP contribution in [0.2, 0.25) is 0 Å². The van der Waals surface area contributed by atoms with Gasteiger partial charge in [0.05, 0.1) is 12.7 Å². The van der Waals surface area contributed by atoms with E-state index in [9.17, 15) is 9.90 Å². The van der Waals surface area contributed by atoms with E-state index in [-0.39, 0.29) is 18.0 Å². The lowest BCUT2D eigenvalue weighted by Gasteiger charge is -2.35. The Kier molecular flexibility index (Phi) is 4.93. The zero-order chi connectivity index (χ0) is 13.7. The third-order valence-corrected chi connectivity index (χ3v) is 3.53. The highest BCUT2D eigenvalue weighted by atomic mass is 16.5. The molecule has 1 aromatic rings. The molecule has 104 valence electrons. The first-order chi connectivity index (χ1) is 9.15. The largest absolute Gasteiger partial charge is 0.465 e. The van der Waals surface area contributed by atoms with E-state index in [1.165, 1.54) is 12.5 Å². The number of carbonyl (C=O) groups is 1. The van der Waals surface area contributed by atoms with Crippen LogP contribution in [0.15, 0.2) is 30.3 Å². The normalized spacial score (nSPS) is 24.1. The summed E-state index contributed by atoms with van der Waals surface area (Å²) in [6, 6.07) is 10.3. The minimum Gasteiger partial charge on any atom is -0.465 e. The molecule has 1 aromatic carbocycles. The van der Waals surface area contributed by atoms with E-state index in [4.69, 9.17) is 4.74 Å². The molecular formula is C15H21NO3. The topological polar surface area (TPSA) is 49.8 Å². The summed E-state index contributed by atoms with van der Waals surface area (Å²) >= 11 is 0. The number of carbonyl (C=O) groups excluding carboxylic acids is 1. The first kappa shape index (κ1) is 14.0. The predicted octanol–water partition coefficient (Wildman–Crippen LogP) is 1.43. The molecule has 0 aliphatic carbocycles. The summed E-state index contributed by atoms with van der Waals surface area (Å²) in [7, 11) is 0. The maximum atomic E-state index is 10.8. The zero-order valence-electron chi connectivity index (χ0n) is 11.3. The van der Waals surface area contributed by atoms with Crippen LogP contribution in [-0.4, -0.2) is 41.8 Å². The molecular weight excluding hydrogens is 242 g/mol. The van der Waals surface area contributed by atoms with Crippen LogP contribution in [0.1, 0.15) is 18.9 Å². The highest BCUT2D eigenvalue weighted by Crippen LogP contribution is 2.19. The second kappa shape index (κ2) is 6.68. The molecule has 1 heterocycles. The number of hydrogen-bond donors (Lipinski definition) is 1. The third kappa shape index (κ3) is 4.33. The number of benzene rings is 1. The van der Waals surface area contributed by atoms with Gasteiger partial charge in [0, 0.05) is 32.5 Å². The Morgan fingerprint density at radius 2 is 2.16 bits per heavy atom. The van der Waals surface area contributed by atoms with Crippen molar-refractivity contribution in [3.8, 4) is 0 Å². The molecule has 0 aromatic heterocycles. The van der Waals surface area contributed by atoms with Gasteiger partial charge in [-0.15, -0.1) is 0 Å². The molecule has 1 aliphatic heterocycles. The molecule has 4 nitrogen and oxygen atoms in total. The van der Waals surface area contributed by atoms with Crippen molar-refractivity contribution < 1.29 is 14.6 Å². The van der Waals surface area contributed by atoms with Crippen molar-refractivity contribution in [1.82, 2.24) is 4.90 Å². The zero-order valence-corrected chi connectivity index (χ0v) is 11.3. The minimum absolute atomic E-state index is 0.0152. The highest BCUT2D eigenvalue weighted by molar-refractivity contribution is 5.65. The monoisotopic (exact) mass is 263 g/mol. The van der Waals surface area contributed by atoms with Gasteiger partial charge in [0.2, 0.25) is 0 Å². The molecule has 0 bridgehead atoms. The van der Waals surface area contributed by atoms with Crippen LogP contribution in [0.3, 0.4) is 0 Å². The molecule has 1 N–H and O–H groups in total. The Labute approximate surface area is 114 Å². The molecule has 4 heteroatoms. The number of esters is 1. The summed E-state index contributed by atoms with van der Waals surface area (Å²) in [5.74, 6) is -0.270. The van der Waals surface area contributed by atoms with Crippen molar-refractivity contribution in [1.29, 1.82) is 0 Å². The second-order valence-corrected chi connectivity index (χ2v) is 5.14. The summed E-state index contributed by atoms with van der Waals surface area (Å²) in [6.45, 7) is 4.23. The molecule has 0 amide bonds. The quantitative estimate of drug-likeness (QED) is 0.835. The Balaban J connectivity index is 1.88. The van der Waals surface area contributed by atoms with Gasteiger partial charge in [0.1, 0.15) is 0 Å². The number of aliphatic hydroxyl groups is 1. The van der Waals surface area contributed by atoms with E-state index in [2.05, 4.69) is 17.0 Å². The molecule has 0 radical (unpaired) electrons. The van der Waals surface area contributed by atoms with Crippen molar-refractivity contribution in [3.63, 3.8) is 0 Å². The minimum atomic E-state index is -0.369. The standard InChI is InChI=1S/C15H21NO3/c1-12(17)19-11-14-10-16(8-7-15(14)18)9-13-5-3-2-4-6-13/h2-6,14-15,18H,7-11H2,1H3/t14-,15+/m0/s1. The van der Waals surface area contributed by atoms with Gasteiger partial charge in [-0.2, -0.15) is 0 Å². The lowest BCUT2D eigenvalue weighted by atomic mass is 9.95. The van der Waals surface area contributed by atoms with Gasteiger partial charge >= 0.3 is 5.97 Å². The number of aliphatic hydroxyl groups excluding tert-OH is 1. The van der Waals surface area contributed by atoms with Crippen LogP contribution in [0.4, 0.5) is 0 Å². The summed E-state index contributed by atoms with van der Waals surface area (Å²) in [4.78, 5) is 13.1. The molecule has 19 heavy (non-hydrogen) atoms. The fourth-order valence-electron chi connectivity index (χ4n) is 2.47. The molecule has 2 rings (SSSR count). The Bertz CT molecular complexity index is 407. The van der Waals surface area contributed by atoms with Gasteiger partial charge in [-0.05, 0) is 12.0 Å². The maximum Gasteiger partial charge on any atom is 0.302 e. The van der Waals surface area contributed by atoms with Crippen molar-refractivity contribution in [2.75, 3.05) is 19.7 Å². The van der Waals surface area contributed by atoms with E-state index < -0.39 is 0 Å². The Hall–Kier alpha value is -1.39. The fraction of sp³-hybridized carbons (Fsp3) is 0.533. The predicted molar refractivity (Wildman–Crippen MR) is 72.5 cm³/mol. The Morgan fingerprint density at radius 1 is 1.42 bits per heavy atom. The number of piperidine rings is 1. The fourth-order valence-corrected chi connectivity index (χ4v) is 2.47. The number of ether oxygens (including phenoxy) is 1. The van der Waals surface area contributed by atoms with Crippen molar-refractivity contribution in [3.05, 3.63) is 35.9 Å². The van der Waals surface area contributed by atoms with Gasteiger partial charge in [-0.3, -0.25) is 9.69 Å². The van der Waals surface area contributed by atoms with Gasteiger partial charge < -0.3 is 9.84 Å². The van der Waals surface area contributed by atoms with E-state index in [0.717, 1.165) is 26.1 Å². The molecule has 1 aliphatic rings. The summed E-state index contributed by atoms with van der Waals surface area (Å²) in [5.41, 5.74) is 1.27. The van der Waals surface area contributed by atoms with Crippen LogP contribution in [0.25, 0.3) is 0 Å². The third-order valence-electron chi connectivity index (χ3n) is 3.53. The van der Waals surface area contributed by atoms with Crippen molar-refractivity contribution in [2.45, 2.75) is 26.0 Å². The van der Waals surface area contributed by atoms with Crippen molar-refractivity contribution in [2.24, 2.45) is 5.92 Å². The first-order valence-electron chi connectivity index (χ1n) is 6.73. The van der Waals surface area contributed by atoms with Gasteiger partial charge in [-0.1, -0.05) is 30.3 Å². The SMILES string of the molecule is CC(=O)OC[C@@H]1CN(Cc2ccccc2)CC[C@H]1O. The summed E-state index contributed by atoms with van der Waals surface area (Å²) in [5, 5.41) is 9.95. The second-order valence-electron chi connectivity index (χ2n) is 5.14. The molecule has 1 saturated heterocycles. The number of likely N-dealkylation sites (tertiary alicyclic amines) is 1. The van der Waals surface area contributed by atoms with Gasteiger partial charge in [0.15, 0.2) is 0 Å². The molecule has 2 atom stereocenters. The molecule has 0 spiro atoms. The first-order valence-corrected chi connectivity index (χ1v) is 6.73. The van der Waals surface area contributed by atoms with Gasteiger partial charge in [0.25, 0.3) is 0 Å².